The van der Waals surface area contributed by atoms with Crippen LogP contribution < -0.4 is 0 Å². The highest BCUT2D eigenvalue weighted by Gasteiger charge is 2.26. The molecule has 0 aliphatic heterocycles. The van der Waals surface area contributed by atoms with Crippen molar-refractivity contribution in [1.29, 1.82) is 0 Å². The van der Waals surface area contributed by atoms with Crippen molar-refractivity contribution >= 4 is 15.9 Å². The average molecular weight is 250 g/mol. The molecule has 1 heteroatoms. The Morgan fingerprint density at radius 3 is 2.79 bits per heavy atom. The highest BCUT2D eigenvalue weighted by Crippen LogP contribution is 2.43. The Morgan fingerprint density at radius 1 is 1.50 bits per heavy atom. The third kappa shape index (κ3) is 1.93. The first kappa shape index (κ1) is 9.97. The molecule has 0 heterocycles. The van der Waals surface area contributed by atoms with Gasteiger partial charge < -0.3 is 0 Å². The molecule has 2 rings (SSSR count). The van der Waals surface area contributed by atoms with Crippen molar-refractivity contribution in [2.45, 2.75) is 25.7 Å². The van der Waals surface area contributed by atoms with Crippen LogP contribution in [0.15, 0.2) is 35.3 Å². The Kier molecular flexibility index (Phi) is 2.78. The lowest BCUT2D eigenvalue weighted by Gasteiger charge is -2.12. The topological polar surface area (TPSA) is 0 Å². The first-order valence-corrected chi connectivity index (χ1v) is 5.77. The van der Waals surface area contributed by atoms with E-state index in [9.17, 15) is 0 Å². The molecular formula is C13H14Br. The van der Waals surface area contributed by atoms with Crippen LogP contribution in [0.5, 0.6) is 0 Å². The summed E-state index contributed by atoms with van der Waals surface area (Å²) in [5.41, 5.74) is 2.85. The quantitative estimate of drug-likeness (QED) is 0.743. The molecule has 0 aromatic heterocycles. The lowest BCUT2D eigenvalue weighted by molar-refractivity contribution is 1.07. The third-order valence-electron chi connectivity index (χ3n) is 2.76. The van der Waals surface area contributed by atoms with E-state index in [4.69, 9.17) is 0 Å². The van der Waals surface area contributed by atoms with Crippen molar-refractivity contribution in [3.63, 3.8) is 0 Å². The van der Waals surface area contributed by atoms with Crippen molar-refractivity contribution in [3.05, 3.63) is 52.4 Å². The molecular weight excluding hydrogens is 236 g/mol. The predicted molar refractivity (Wildman–Crippen MR) is 64.3 cm³/mol. The normalized spacial score (nSPS) is 15.9. The predicted octanol–water partition coefficient (Wildman–Crippen LogP) is 4.45. The van der Waals surface area contributed by atoms with Crippen molar-refractivity contribution in [2.24, 2.45) is 0 Å². The van der Waals surface area contributed by atoms with E-state index in [1.54, 1.807) is 0 Å². The Bertz CT molecular complexity index is 350. The maximum atomic E-state index is 3.84. The summed E-state index contributed by atoms with van der Waals surface area (Å²) in [5, 5.41) is 0. The minimum absolute atomic E-state index is 0.799. The Morgan fingerprint density at radius 2 is 2.21 bits per heavy atom. The zero-order valence-electron chi connectivity index (χ0n) is 8.39. The minimum atomic E-state index is 0.799. The summed E-state index contributed by atoms with van der Waals surface area (Å²) >= 11 is 3.52. The molecule has 0 N–H and O–H groups in total. The van der Waals surface area contributed by atoms with Gasteiger partial charge in [-0.1, -0.05) is 35.0 Å². The first-order chi connectivity index (χ1) is 6.72. The van der Waals surface area contributed by atoms with Gasteiger partial charge in [0, 0.05) is 10.4 Å². The maximum absolute atomic E-state index is 3.84. The minimum Gasteiger partial charge on any atom is -0.102 e. The van der Waals surface area contributed by atoms with Crippen LogP contribution in [-0.2, 0) is 0 Å². The molecule has 0 unspecified atom stereocenters. The number of hydrogen-bond acceptors (Lipinski definition) is 0. The largest absolute Gasteiger partial charge is 0.102 e. The van der Waals surface area contributed by atoms with Gasteiger partial charge >= 0.3 is 0 Å². The van der Waals surface area contributed by atoms with E-state index in [0.29, 0.717) is 0 Å². The Labute approximate surface area is 94.2 Å². The van der Waals surface area contributed by atoms with Gasteiger partial charge in [0.1, 0.15) is 0 Å². The number of halogens is 1. The van der Waals surface area contributed by atoms with Gasteiger partial charge in [0.05, 0.1) is 0 Å². The van der Waals surface area contributed by atoms with Crippen LogP contribution in [0.2, 0.25) is 0 Å². The zero-order chi connectivity index (χ0) is 10.1. The van der Waals surface area contributed by atoms with Gasteiger partial charge in [-0.3, -0.25) is 0 Å². The molecule has 1 aliphatic rings. The molecule has 14 heavy (non-hydrogen) atoms. The first-order valence-electron chi connectivity index (χ1n) is 4.98. The fraction of sp³-hybridized carbons (Fsp3) is 0.308. The highest BCUT2D eigenvalue weighted by molar-refractivity contribution is 9.10. The molecule has 0 bridgehead atoms. The second-order valence-electron chi connectivity index (χ2n) is 3.89. The smallest absolute Gasteiger partial charge is 0.0233 e. The van der Waals surface area contributed by atoms with Crippen LogP contribution in [0.3, 0.4) is 0 Å². The van der Waals surface area contributed by atoms with Gasteiger partial charge in [-0.05, 0) is 42.0 Å². The van der Waals surface area contributed by atoms with Crippen LogP contribution in [0.4, 0.5) is 0 Å². The summed E-state index contributed by atoms with van der Waals surface area (Å²) in [6.45, 7) is 5.96. The van der Waals surface area contributed by atoms with Crippen LogP contribution in [0.25, 0.3) is 0 Å². The molecule has 0 nitrogen and oxygen atoms in total. The molecule has 1 fully saturated rings. The Hall–Kier alpha value is -0.560. The lowest BCUT2D eigenvalue weighted by atomic mass is 9.93. The summed E-state index contributed by atoms with van der Waals surface area (Å²) in [6, 6.07) is 6.57. The molecule has 1 aromatic rings. The number of benzene rings is 1. The fourth-order valence-corrected chi connectivity index (χ4v) is 2.09. The van der Waals surface area contributed by atoms with Crippen LogP contribution in [0.1, 0.15) is 36.8 Å². The zero-order valence-corrected chi connectivity index (χ0v) is 9.97. The lowest BCUT2D eigenvalue weighted by Crippen LogP contribution is -1.96. The molecule has 1 aromatic carbocycles. The summed E-state index contributed by atoms with van der Waals surface area (Å²) in [7, 11) is 0. The second kappa shape index (κ2) is 3.90. The van der Waals surface area contributed by atoms with Crippen LogP contribution >= 0.6 is 15.9 Å². The van der Waals surface area contributed by atoms with E-state index in [2.05, 4.69) is 47.6 Å². The van der Waals surface area contributed by atoms with E-state index < -0.39 is 0 Å². The van der Waals surface area contributed by atoms with Crippen molar-refractivity contribution in [2.75, 3.05) is 0 Å². The summed E-state index contributed by atoms with van der Waals surface area (Å²) in [5.74, 6) is 2.07. The molecule has 0 amide bonds. The summed E-state index contributed by atoms with van der Waals surface area (Å²) < 4.78 is 1.15. The maximum Gasteiger partial charge on any atom is 0.0233 e. The number of hydrogen-bond donors (Lipinski definition) is 0. The monoisotopic (exact) mass is 249 g/mol. The van der Waals surface area contributed by atoms with Crippen molar-refractivity contribution in [3.8, 4) is 0 Å². The van der Waals surface area contributed by atoms with Gasteiger partial charge in [0.15, 0.2) is 0 Å². The molecule has 1 radical (unpaired) electrons. The summed E-state index contributed by atoms with van der Waals surface area (Å²) in [6.07, 6.45) is 4.63. The van der Waals surface area contributed by atoms with E-state index in [1.807, 2.05) is 6.08 Å². The second-order valence-corrected chi connectivity index (χ2v) is 4.81. The standard InChI is InChI=1S/C13H14Br/c1-3-9(2)13-8-11(14)6-7-12(13)10-4-5-10/h3,6-8,10H,1,4-5H2,2H3. The number of allylic oxidation sites excluding steroid dienone is 1. The molecule has 0 spiro atoms. The number of rotatable bonds is 3. The molecule has 1 aliphatic carbocycles. The molecule has 0 saturated heterocycles. The highest BCUT2D eigenvalue weighted by atomic mass is 79.9. The van der Waals surface area contributed by atoms with Gasteiger partial charge in [0.25, 0.3) is 0 Å². The third-order valence-corrected chi connectivity index (χ3v) is 3.26. The van der Waals surface area contributed by atoms with Gasteiger partial charge in [-0.25, -0.2) is 0 Å². The molecule has 1 saturated carbocycles. The van der Waals surface area contributed by atoms with Crippen LogP contribution in [-0.4, -0.2) is 0 Å². The van der Waals surface area contributed by atoms with E-state index >= 15 is 0 Å². The van der Waals surface area contributed by atoms with Gasteiger partial charge in [-0.15, -0.1) is 6.58 Å². The molecule has 73 valence electrons. The van der Waals surface area contributed by atoms with Gasteiger partial charge in [-0.2, -0.15) is 0 Å². The fourth-order valence-electron chi connectivity index (χ4n) is 1.73. The van der Waals surface area contributed by atoms with Crippen molar-refractivity contribution < 1.29 is 0 Å². The van der Waals surface area contributed by atoms with E-state index in [-0.39, 0.29) is 0 Å². The van der Waals surface area contributed by atoms with E-state index in [1.165, 1.54) is 29.9 Å². The summed E-state index contributed by atoms with van der Waals surface area (Å²) in [4.78, 5) is 0. The SMILES string of the molecule is C=C[C](C)c1cc(Br)ccc1C1CC1. The Balaban J connectivity index is 2.42. The average Bonchev–Trinajstić information content (AvgIpc) is 3.00. The van der Waals surface area contributed by atoms with Gasteiger partial charge in [0.2, 0.25) is 0 Å². The molecule has 0 atom stereocenters. The van der Waals surface area contributed by atoms with Crippen molar-refractivity contribution in [1.82, 2.24) is 0 Å². The van der Waals surface area contributed by atoms with Crippen LogP contribution in [0, 0.1) is 5.92 Å². The van der Waals surface area contributed by atoms with E-state index in [0.717, 1.165) is 10.4 Å².